The number of anilines is 2. The fourth-order valence-electron chi connectivity index (χ4n) is 1.96. The van der Waals surface area contributed by atoms with Crippen LogP contribution in [0.25, 0.3) is 0 Å². The summed E-state index contributed by atoms with van der Waals surface area (Å²) in [5.41, 5.74) is 3.57. The van der Waals surface area contributed by atoms with Gasteiger partial charge in [0.05, 0.1) is 5.02 Å². The molecule has 0 aliphatic rings. The van der Waals surface area contributed by atoms with E-state index in [9.17, 15) is 9.18 Å². The van der Waals surface area contributed by atoms with Crippen molar-refractivity contribution in [2.24, 2.45) is 0 Å². The lowest BCUT2D eigenvalue weighted by atomic mass is 10.1. The van der Waals surface area contributed by atoms with E-state index in [4.69, 9.17) is 11.6 Å². The van der Waals surface area contributed by atoms with Gasteiger partial charge < -0.3 is 10.6 Å². The number of carbonyl (C=O) groups excluding carboxylic acids is 1. The molecule has 2 N–H and O–H groups in total. The van der Waals surface area contributed by atoms with Crippen molar-refractivity contribution in [1.29, 1.82) is 0 Å². The normalized spacial score (nSPS) is 10.3. The number of carbonyl (C=O) groups is 1. The van der Waals surface area contributed by atoms with Crippen molar-refractivity contribution >= 4 is 28.9 Å². The zero-order valence-electron chi connectivity index (χ0n) is 11.8. The van der Waals surface area contributed by atoms with Crippen LogP contribution in [-0.2, 0) is 11.3 Å². The van der Waals surface area contributed by atoms with E-state index in [0.29, 0.717) is 6.54 Å². The van der Waals surface area contributed by atoms with Gasteiger partial charge in [-0.2, -0.15) is 0 Å². The zero-order valence-corrected chi connectivity index (χ0v) is 12.6. The fourth-order valence-corrected chi connectivity index (χ4v) is 2.16. The molecule has 0 bridgehead atoms. The van der Waals surface area contributed by atoms with Gasteiger partial charge in [-0.15, -0.1) is 0 Å². The summed E-state index contributed by atoms with van der Waals surface area (Å²) in [7, 11) is 0. The highest BCUT2D eigenvalue weighted by molar-refractivity contribution is 6.30. The van der Waals surface area contributed by atoms with Crippen molar-refractivity contribution in [1.82, 2.24) is 0 Å². The third-order valence-corrected chi connectivity index (χ3v) is 3.31. The molecule has 2 rings (SSSR count). The van der Waals surface area contributed by atoms with E-state index < -0.39 is 5.82 Å². The molecular formula is C16H16ClFN2O. The summed E-state index contributed by atoms with van der Waals surface area (Å²) in [5, 5.41) is 6.11. The van der Waals surface area contributed by atoms with Gasteiger partial charge in [-0.25, -0.2) is 4.39 Å². The van der Waals surface area contributed by atoms with E-state index in [1.54, 1.807) is 12.1 Å². The third-order valence-electron chi connectivity index (χ3n) is 3.02. The van der Waals surface area contributed by atoms with E-state index in [2.05, 4.69) is 10.6 Å². The topological polar surface area (TPSA) is 41.1 Å². The maximum absolute atomic E-state index is 13.1. The summed E-state index contributed by atoms with van der Waals surface area (Å²) in [6, 6.07) is 10.3. The van der Waals surface area contributed by atoms with Crippen LogP contribution in [0.5, 0.6) is 0 Å². The monoisotopic (exact) mass is 306 g/mol. The van der Waals surface area contributed by atoms with E-state index in [-0.39, 0.29) is 10.9 Å². The summed E-state index contributed by atoms with van der Waals surface area (Å²) in [5.74, 6) is -0.518. The summed E-state index contributed by atoms with van der Waals surface area (Å²) in [4.78, 5) is 11.1. The van der Waals surface area contributed by atoms with E-state index in [1.807, 2.05) is 25.1 Å². The van der Waals surface area contributed by atoms with Crippen LogP contribution >= 0.6 is 11.6 Å². The molecule has 2 aromatic rings. The number of nitrogens with one attached hydrogen (secondary N) is 2. The molecular weight excluding hydrogens is 291 g/mol. The summed E-state index contributed by atoms with van der Waals surface area (Å²) in [6.07, 6.45) is 0. The Kier molecular flexibility index (Phi) is 4.81. The molecule has 0 aromatic heterocycles. The third kappa shape index (κ3) is 4.20. The molecule has 5 heteroatoms. The van der Waals surface area contributed by atoms with Crippen molar-refractivity contribution in [3.63, 3.8) is 0 Å². The maximum atomic E-state index is 13.1. The molecule has 21 heavy (non-hydrogen) atoms. The maximum Gasteiger partial charge on any atom is 0.221 e. The van der Waals surface area contributed by atoms with E-state index >= 15 is 0 Å². The van der Waals surface area contributed by atoms with Crippen LogP contribution in [0.3, 0.4) is 0 Å². The van der Waals surface area contributed by atoms with Crippen molar-refractivity contribution in [2.45, 2.75) is 20.4 Å². The highest BCUT2D eigenvalue weighted by Gasteiger charge is 2.03. The molecule has 0 aliphatic carbocycles. The van der Waals surface area contributed by atoms with Crippen molar-refractivity contribution in [2.75, 3.05) is 10.6 Å². The molecule has 0 saturated carbocycles. The molecule has 3 nitrogen and oxygen atoms in total. The number of amides is 1. The zero-order chi connectivity index (χ0) is 15.4. The predicted octanol–water partition coefficient (Wildman–Crippen LogP) is 4.36. The average Bonchev–Trinajstić information content (AvgIpc) is 2.42. The van der Waals surface area contributed by atoms with Gasteiger partial charge in [-0.1, -0.05) is 17.7 Å². The number of aryl methyl sites for hydroxylation is 1. The molecule has 0 atom stereocenters. The summed E-state index contributed by atoms with van der Waals surface area (Å²) < 4.78 is 13.1. The van der Waals surface area contributed by atoms with E-state index in [0.717, 1.165) is 22.5 Å². The second-order valence-electron chi connectivity index (χ2n) is 4.81. The van der Waals surface area contributed by atoms with Crippen molar-refractivity contribution in [3.8, 4) is 0 Å². The van der Waals surface area contributed by atoms with Gasteiger partial charge in [0.15, 0.2) is 0 Å². The smallest absolute Gasteiger partial charge is 0.221 e. The highest BCUT2D eigenvalue weighted by atomic mass is 35.5. The Balaban J connectivity index is 2.04. The van der Waals surface area contributed by atoms with Crippen molar-refractivity contribution in [3.05, 3.63) is 58.4 Å². The Morgan fingerprint density at radius 3 is 2.62 bits per heavy atom. The largest absolute Gasteiger partial charge is 0.381 e. The average molecular weight is 307 g/mol. The summed E-state index contributed by atoms with van der Waals surface area (Å²) in [6.45, 7) is 3.94. The molecule has 0 heterocycles. The standard InChI is InChI=1S/C16H16ClFN2O/c1-10-7-13(4-6-16(10)20-11(2)21)19-9-12-3-5-15(18)14(17)8-12/h3-8,19H,9H2,1-2H3,(H,20,21). The van der Waals surface area contributed by atoms with Gasteiger partial charge in [0, 0.05) is 24.8 Å². The van der Waals surface area contributed by atoms with Crippen LogP contribution < -0.4 is 10.6 Å². The van der Waals surface area contributed by atoms with Crippen LogP contribution in [0.15, 0.2) is 36.4 Å². The van der Waals surface area contributed by atoms with Gasteiger partial charge in [0.1, 0.15) is 5.82 Å². The second-order valence-corrected chi connectivity index (χ2v) is 5.22. The molecule has 0 unspecified atom stereocenters. The Labute approximate surface area is 128 Å². The van der Waals surface area contributed by atoms with Crippen LogP contribution in [0.1, 0.15) is 18.1 Å². The Morgan fingerprint density at radius 2 is 2.00 bits per heavy atom. The van der Waals surface area contributed by atoms with Crippen LogP contribution in [0, 0.1) is 12.7 Å². The molecule has 2 aromatic carbocycles. The van der Waals surface area contributed by atoms with E-state index in [1.165, 1.54) is 13.0 Å². The van der Waals surface area contributed by atoms with Gasteiger partial charge in [0.2, 0.25) is 5.91 Å². The first-order chi connectivity index (χ1) is 9.95. The summed E-state index contributed by atoms with van der Waals surface area (Å²) >= 11 is 5.75. The SMILES string of the molecule is CC(=O)Nc1ccc(NCc2ccc(F)c(Cl)c2)cc1C. The Hall–Kier alpha value is -2.07. The van der Waals surface area contributed by atoms with Crippen molar-refractivity contribution < 1.29 is 9.18 Å². The van der Waals surface area contributed by atoms with Gasteiger partial charge in [-0.05, 0) is 48.4 Å². The lowest BCUT2D eigenvalue weighted by Gasteiger charge is -2.11. The van der Waals surface area contributed by atoms with Gasteiger partial charge in [0.25, 0.3) is 0 Å². The molecule has 0 aliphatic heterocycles. The number of rotatable bonds is 4. The first kappa shape index (κ1) is 15.3. The highest BCUT2D eigenvalue weighted by Crippen LogP contribution is 2.21. The van der Waals surface area contributed by atoms with Gasteiger partial charge in [-0.3, -0.25) is 4.79 Å². The fraction of sp³-hybridized carbons (Fsp3) is 0.188. The number of benzene rings is 2. The Morgan fingerprint density at radius 1 is 1.24 bits per heavy atom. The molecule has 0 spiro atoms. The van der Waals surface area contributed by atoms with Gasteiger partial charge >= 0.3 is 0 Å². The minimum absolute atomic E-state index is 0.0974. The quantitative estimate of drug-likeness (QED) is 0.881. The molecule has 110 valence electrons. The molecule has 0 fully saturated rings. The minimum Gasteiger partial charge on any atom is -0.381 e. The predicted molar refractivity (Wildman–Crippen MR) is 84.2 cm³/mol. The van der Waals surface area contributed by atoms with Crippen LogP contribution in [0.2, 0.25) is 5.02 Å². The molecule has 0 saturated heterocycles. The Bertz CT molecular complexity index is 673. The number of halogens is 2. The minimum atomic E-state index is -0.420. The molecule has 0 radical (unpaired) electrons. The first-order valence-corrected chi connectivity index (χ1v) is 6.89. The molecule has 1 amide bonds. The van der Waals surface area contributed by atoms with Crippen LogP contribution in [-0.4, -0.2) is 5.91 Å². The lowest BCUT2D eigenvalue weighted by Crippen LogP contribution is -2.07. The van der Waals surface area contributed by atoms with Crippen LogP contribution in [0.4, 0.5) is 15.8 Å². The second kappa shape index (κ2) is 6.59. The lowest BCUT2D eigenvalue weighted by molar-refractivity contribution is -0.114. The number of hydrogen-bond acceptors (Lipinski definition) is 2. The number of hydrogen-bond donors (Lipinski definition) is 2. The first-order valence-electron chi connectivity index (χ1n) is 6.52.